The summed E-state index contributed by atoms with van der Waals surface area (Å²) in [5.41, 5.74) is 2.32. The Labute approximate surface area is 174 Å². The van der Waals surface area contributed by atoms with E-state index in [2.05, 4.69) is 10.3 Å². The zero-order chi connectivity index (χ0) is 21.1. The normalized spacial score (nSPS) is 19.7. The van der Waals surface area contributed by atoms with Crippen molar-refractivity contribution < 1.29 is 19.2 Å². The molecule has 4 rings (SSSR count). The molecule has 7 heteroatoms. The number of ketones is 2. The Morgan fingerprint density at radius 3 is 2.70 bits per heavy atom. The topological polar surface area (TPSA) is 96.4 Å². The van der Waals surface area contributed by atoms with Crippen LogP contribution in [0.5, 0.6) is 0 Å². The molecule has 2 amide bonds. The highest BCUT2D eigenvalue weighted by Crippen LogP contribution is 2.30. The van der Waals surface area contributed by atoms with Crippen molar-refractivity contribution >= 4 is 29.1 Å². The molecule has 2 aliphatic rings. The van der Waals surface area contributed by atoms with Crippen molar-refractivity contribution in [2.24, 2.45) is 0 Å². The first-order chi connectivity index (χ1) is 14.5. The van der Waals surface area contributed by atoms with Gasteiger partial charge in [-0.25, -0.2) is 0 Å². The largest absolute Gasteiger partial charge is 0.324 e. The van der Waals surface area contributed by atoms with E-state index in [4.69, 9.17) is 0 Å². The summed E-state index contributed by atoms with van der Waals surface area (Å²) >= 11 is 0. The van der Waals surface area contributed by atoms with Crippen LogP contribution in [0, 0.1) is 0 Å². The monoisotopic (exact) mass is 405 g/mol. The number of benzene rings is 1. The number of nitrogens with zero attached hydrogens (tertiary/aromatic N) is 2. The fourth-order valence-electron chi connectivity index (χ4n) is 4.07. The van der Waals surface area contributed by atoms with Gasteiger partial charge in [0.1, 0.15) is 5.78 Å². The predicted molar refractivity (Wildman–Crippen MR) is 110 cm³/mol. The quantitative estimate of drug-likeness (QED) is 0.846. The average molecular weight is 405 g/mol. The Morgan fingerprint density at radius 2 is 1.90 bits per heavy atom. The molecule has 1 unspecified atom stereocenters. The van der Waals surface area contributed by atoms with E-state index in [0.29, 0.717) is 55.5 Å². The van der Waals surface area contributed by atoms with Gasteiger partial charge in [-0.05, 0) is 55.2 Å². The van der Waals surface area contributed by atoms with E-state index in [1.54, 1.807) is 41.4 Å². The van der Waals surface area contributed by atoms with E-state index in [-0.39, 0.29) is 23.4 Å². The summed E-state index contributed by atoms with van der Waals surface area (Å²) in [5.74, 6) is -0.301. The second-order valence-corrected chi connectivity index (χ2v) is 7.77. The molecule has 1 N–H and O–H groups in total. The van der Waals surface area contributed by atoms with Crippen molar-refractivity contribution in [3.8, 4) is 0 Å². The second kappa shape index (κ2) is 8.57. The van der Waals surface area contributed by atoms with E-state index in [9.17, 15) is 19.2 Å². The highest BCUT2D eigenvalue weighted by Gasteiger charge is 2.36. The number of pyridine rings is 1. The zero-order valence-corrected chi connectivity index (χ0v) is 16.6. The minimum Gasteiger partial charge on any atom is -0.324 e. The molecular formula is C23H23N3O4. The molecule has 1 aliphatic carbocycles. The minimum atomic E-state index is -0.569. The molecule has 2 heterocycles. The lowest BCUT2D eigenvalue weighted by atomic mass is 10.0. The van der Waals surface area contributed by atoms with Crippen molar-refractivity contribution in [3.63, 3.8) is 0 Å². The number of carbonyl (C=O) groups excluding carboxylic acids is 4. The molecule has 1 aromatic heterocycles. The number of hydrogen-bond donors (Lipinski definition) is 1. The Balaban J connectivity index is 1.51. The lowest BCUT2D eigenvalue weighted by Crippen LogP contribution is -2.41. The van der Waals surface area contributed by atoms with E-state index >= 15 is 0 Å². The summed E-state index contributed by atoms with van der Waals surface area (Å²) in [6.07, 6.45) is 6.09. The SMILES string of the molecule is O=C1CCCCC(=O)C(N2Cc3cc(NC(=O)c4cccnc4)ccc3C2=O)CC1. The Morgan fingerprint density at radius 1 is 1.07 bits per heavy atom. The third kappa shape index (κ3) is 4.15. The molecule has 1 aliphatic heterocycles. The van der Waals surface area contributed by atoms with Crippen LogP contribution in [0.15, 0.2) is 42.7 Å². The van der Waals surface area contributed by atoms with E-state index in [0.717, 1.165) is 12.0 Å². The van der Waals surface area contributed by atoms with Gasteiger partial charge in [0.05, 0.1) is 11.6 Å². The molecule has 0 bridgehead atoms. The minimum absolute atomic E-state index is 0.0240. The standard InChI is InChI=1S/C23H23N3O4/c27-18-5-1-2-6-21(28)20(10-8-18)26-14-16-12-17(7-9-19(16)23(26)30)25-22(29)15-4-3-11-24-13-15/h3-4,7,9,11-13,20H,1-2,5-6,8,10,14H2,(H,25,29). The summed E-state index contributed by atoms with van der Waals surface area (Å²) in [4.78, 5) is 55.5. The fraction of sp³-hybridized carbons (Fsp3) is 0.348. The third-order valence-corrected chi connectivity index (χ3v) is 5.69. The van der Waals surface area contributed by atoms with E-state index in [1.165, 1.54) is 6.20 Å². The molecule has 1 atom stereocenters. The van der Waals surface area contributed by atoms with Gasteiger partial charge in [0, 0.05) is 49.5 Å². The van der Waals surface area contributed by atoms with Gasteiger partial charge >= 0.3 is 0 Å². The maximum Gasteiger partial charge on any atom is 0.257 e. The molecular weight excluding hydrogens is 382 g/mol. The van der Waals surface area contributed by atoms with Crippen LogP contribution >= 0.6 is 0 Å². The van der Waals surface area contributed by atoms with Crippen LogP contribution in [0.3, 0.4) is 0 Å². The van der Waals surface area contributed by atoms with Crippen molar-refractivity contribution in [3.05, 3.63) is 59.4 Å². The zero-order valence-electron chi connectivity index (χ0n) is 16.6. The van der Waals surface area contributed by atoms with Crippen LogP contribution in [-0.4, -0.2) is 39.3 Å². The first-order valence-corrected chi connectivity index (χ1v) is 10.2. The van der Waals surface area contributed by atoms with Crippen LogP contribution in [0.2, 0.25) is 0 Å². The molecule has 1 fully saturated rings. The summed E-state index contributed by atoms with van der Waals surface area (Å²) in [6, 6.07) is 7.93. The molecule has 0 radical (unpaired) electrons. The van der Waals surface area contributed by atoms with Gasteiger partial charge in [0.2, 0.25) is 0 Å². The van der Waals surface area contributed by atoms with Gasteiger partial charge in [-0.1, -0.05) is 0 Å². The number of anilines is 1. The maximum atomic E-state index is 13.0. The lowest BCUT2D eigenvalue weighted by molar-refractivity contribution is -0.124. The van der Waals surface area contributed by atoms with Crippen LogP contribution in [0.1, 0.15) is 64.8 Å². The van der Waals surface area contributed by atoms with Crippen molar-refractivity contribution in [2.75, 3.05) is 5.32 Å². The van der Waals surface area contributed by atoms with E-state index in [1.807, 2.05) is 0 Å². The molecule has 0 spiro atoms. The Hall–Kier alpha value is -3.35. The first kappa shape index (κ1) is 19.9. The predicted octanol–water partition coefficient (Wildman–Crippen LogP) is 3.15. The van der Waals surface area contributed by atoms with Crippen molar-refractivity contribution in [2.45, 2.75) is 51.1 Å². The van der Waals surface area contributed by atoms with Gasteiger partial charge in [-0.2, -0.15) is 0 Å². The average Bonchev–Trinajstić information content (AvgIpc) is 3.10. The van der Waals surface area contributed by atoms with Crippen LogP contribution in [0.4, 0.5) is 5.69 Å². The maximum absolute atomic E-state index is 13.0. The van der Waals surface area contributed by atoms with Gasteiger partial charge < -0.3 is 10.2 Å². The highest BCUT2D eigenvalue weighted by atomic mass is 16.2. The summed E-state index contributed by atoms with van der Waals surface area (Å²) in [6.45, 7) is 0.301. The molecule has 1 saturated carbocycles. The number of Topliss-reactive ketones (excluding diaryl/α,β-unsaturated/α-hetero) is 2. The van der Waals surface area contributed by atoms with Gasteiger partial charge in [-0.15, -0.1) is 0 Å². The number of fused-ring (bicyclic) bond motifs is 1. The summed E-state index contributed by atoms with van der Waals surface area (Å²) < 4.78 is 0. The molecule has 7 nitrogen and oxygen atoms in total. The highest BCUT2D eigenvalue weighted by molar-refractivity contribution is 6.05. The molecule has 154 valence electrons. The van der Waals surface area contributed by atoms with Gasteiger partial charge in [-0.3, -0.25) is 24.2 Å². The number of nitrogens with one attached hydrogen (secondary N) is 1. The fourth-order valence-corrected chi connectivity index (χ4v) is 4.07. The van der Waals surface area contributed by atoms with Crippen molar-refractivity contribution in [1.82, 2.24) is 9.88 Å². The van der Waals surface area contributed by atoms with Crippen LogP contribution in [-0.2, 0) is 16.1 Å². The van der Waals surface area contributed by atoms with Crippen LogP contribution in [0.25, 0.3) is 0 Å². The van der Waals surface area contributed by atoms with Gasteiger partial charge in [0.25, 0.3) is 11.8 Å². The summed E-state index contributed by atoms with van der Waals surface area (Å²) in [5, 5.41) is 2.82. The lowest BCUT2D eigenvalue weighted by Gasteiger charge is -2.26. The van der Waals surface area contributed by atoms with E-state index < -0.39 is 6.04 Å². The number of carbonyl (C=O) groups is 4. The molecule has 30 heavy (non-hydrogen) atoms. The number of amides is 2. The van der Waals surface area contributed by atoms with Crippen LogP contribution < -0.4 is 5.32 Å². The third-order valence-electron chi connectivity index (χ3n) is 5.69. The molecule has 1 aromatic carbocycles. The molecule has 0 saturated heterocycles. The Bertz CT molecular complexity index is 1000. The first-order valence-electron chi connectivity index (χ1n) is 10.2. The second-order valence-electron chi connectivity index (χ2n) is 7.77. The Kier molecular flexibility index (Phi) is 5.70. The molecule has 2 aromatic rings. The number of hydrogen-bond acceptors (Lipinski definition) is 5. The van der Waals surface area contributed by atoms with Crippen molar-refractivity contribution in [1.29, 1.82) is 0 Å². The number of rotatable bonds is 3. The summed E-state index contributed by atoms with van der Waals surface area (Å²) in [7, 11) is 0. The number of aromatic nitrogens is 1. The smallest absolute Gasteiger partial charge is 0.257 e. The van der Waals surface area contributed by atoms with Gasteiger partial charge in [0.15, 0.2) is 5.78 Å².